The number of nitrogens with two attached hydrogens (primary N) is 1. The van der Waals surface area contributed by atoms with Crippen molar-refractivity contribution >= 4 is 10.9 Å². The molecule has 0 bridgehead atoms. The fraction of sp³-hybridized carbons (Fsp3) is 0.100. The van der Waals surface area contributed by atoms with Crippen molar-refractivity contribution in [2.45, 2.75) is 6.54 Å². The van der Waals surface area contributed by atoms with E-state index in [1.165, 1.54) is 18.2 Å². The molecule has 0 amide bonds. The highest BCUT2D eigenvalue weighted by atomic mass is 19.1. The van der Waals surface area contributed by atoms with E-state index in [2.05, 4.69) is 4.98 Å². The van der Waals surface area contributed by atoms with Gasteiger partial charge in [0.2, 0.25) is 5.56 Å². The van der Waals surface area contributed by atoms with Gasteiger partial charge in [0, 0.05) is 18.0 Å². The van der Waals surface area contributed by atoms with Gasteiger partial charge in [-0.15, -0.1) is 0 Å². The van der Waals surface area contributed by atoms with E-state index in [0.717, 1.165) is 10.9 Å². The molecule has 1 aromatic heterocycles. The van der Waals surface area contributed by atoms with Crippen LogP contribution in [0.15, 0.2) is 29.1 Å². The summed E-state index contributed by atoms with van der Waals surface area (Å²) >= 11 is 0. The monoisotopic (exact) mass is 192 g/mol. The molecule has 0 spiro atoms. The molecule has 1 heterocycles. The molecule has 0 unspecified atom stereocenters. The third-order valence-corrected chi connectivity index (χ3v) is 2.11. The number of benzene rings is 1. The maximum atomic E-state index is 12.9. The van der Waals surface area contributed by atoms with Gasteiger partial charge in [-0.2, -0.15) is 0 Å². The second kappa shape index (κ2) is 3.23. The number of halogens is 1. The van der Waals surface area contributed by atoms with E-state index in [-0.39, 0.29) is 17.9 Å². The minimum absolute atomic E-state index is 0.261. The fourth-order valence-electron chi connectivity index (χ4n) is 1.47. The van der Waals surface area contributed by atoms with Crippen molar-refractivity contribution in [1.29, 1.82) is 0 Å². The van der Waals surface area contributed by atoms with Crippen LogP contribution in [-0.2, 0) is 6.54 Å². The van der Waals surface area contributed by atoms with E-state index in [4.69, 9.17) is 5.73 Å². The summed E-state index contributed by atoms with van der Waals surface area (Å²) < 4.78 is 12.9. The van der Waals surface area contributed by atoms with E-state index in [0.29, 0.717) is 5.52 Å². The largest absolute Gasteiger partial charge is 0.326 e. The van der Waals surface area contributed by atoms with E-state index in [1.54, 1.807) is 6.07 Å². The Bertz CT molecular complexity index is 533. The molecule has 0 aliphatic rings. The molecule has 0 saturated heterocycles. The average molecular weight is 192 g/mol. The van der Waals surface area contributed by atoms with Crippen molar-refractivity contribution in [2.24, 2.45) is 5.73 Å². The number of aromatic amines is 1. The summed E-state index contributed by atoms with van der Waals surface area (Å²) in [6, 6.07) is 5.68. The Balaban J connectivity index is 2.87. The van der Waals surface area contributed by atoms with Crippen LogP contribution < -0.4 is 11.3 Å². The number of pyridine rings is 1. The zero-order valence-corrected chi connectivity index (χ0v) is 7.38. The zero-order chi connectivity index (χ0) is 10.1. The topological polar surface area (TPSA) is 58.9 Å². The summed E-state index contributed by atoms with van der Waals surface area (Å²) in [5, 5.41) is 0.786. The Morgan fingerprint density at radius 2 is 2.14 bits per heavy atom. The molecule has 4 heteroatoms. The lowest BCUT2D eigenvalue weighted by molar-refractivity contribution is 0.629. The molecule has 2 aromatic rings. The summed E-state index contributed by atoms with van der Waals surface area (Å²) in [4.78, 5) is 13.7. The number of fused-ring (bicyclic) bond motifs is 1. The highest BCUT2D eigenvalue weighted by Gasteiger charge is 2.02. The highest BCUT2D eigenvalue weighted by Crippen LogP contribution is 2.15. The minimum atomic E-state index is -0.373. The first kappa shape index (κ1) is 8.90. The summed E-state index contributed by atoms with van der Waals surface area (Å²) in [5.41, 5.74) is 6.43. The Kier molecular flexibility index (Phi) is 2.05. The molecule has 1 aromatic carbocycles. The van der Waals surface area contributed by atoms with Crippen molar-refractivity contribution in [2.75, 3.05) is 0 Å². The van der Waals surface area contributed by atoms with Crippen LogP contribution in [-0.4, -0.2) is 4.98 Å². The van der Waals surface area contributed by atoms with Gasteiger partial charge in [-0.25, -0.2) is 4.39 Å². The molecular formula is C10H9FN2O. The first-order chi connectivity index (χ1) is 6.70. The van der Waals surface area contributed by atoms with Crippen molar-refractivity contribution < 1.29 is 4.39 Å². The van der Waals surface area contributed by atoms with Gasteiger partial charge in [0.15, 0.2) is 0 Å². The van der Waals surface area contributed by atoms with Crippen molar-refractivity contribution in [1.82, 2.24) is 4.98 Å². The lowest BCUT2D eigenvalue weighted by Gasteiger charge is -2.02. The molecule has 72 valence electrons. The Labute approximate surface area is 79.4 Å². The molecule has 0 fully saturated rings. The van der Waals surface area contributed by atoms with Gasteiger partial charge in [-0.3, -0.25) is 4.79 Å². The quantitative estimate of drug-likeness (QED) is 0.711. The van der Waals surface area contributed by atoms with Crippen molar-refractivity contribution in [3.8, 4) is 0 Å². The number of H-pyrrole nitrogens is 1. The van der Waals surface area contributed by atoms with Gasteiger partial charge in [0.1, 0.15) is 5.82 Å². The van der Waals surface area contributed by atoms with Gasteiger partial charge in [-0.05, 0) is 23.8 Å². The van der Waals surface area contributed by atoms with Gasteiger partial charge >= 0.3 is 0 Å². The molecule has 0 aliphatic heterocycles. The van der Waals surface area contributed by atoms with E-state index in [9.17, 15) is 9.18 Å². The van der Waals surface area contributed by atoms with Crippen LogP contribution in [0, 0.1) is 5.82 Å². The molecule has 3 N–H and O–H groups in total. The second-order valence-electron chi connectivity index (χ2n) is 3.05. The molecule has 2 rings (SSSR count). The molecule has 0 atom stereocenters. The molecular weight excluding hydrogens is 183 g/mol. The maximum absolute atomic E-state index is 12.9. The number of rotatable bonds is 1. The SMILES string of the molecule is NCc1cc(=O)[nH]c2cc(F)ccc12. The maximum Gasteiger partial charge on any atom is 0.248 e. The lowest BCUT2D eigenvalue weighted by Crippen LogP contribution is -2.09. The number of hydrogen-bond acceptors (Lipinski definition) is 2. The van der Waals surface area contributed by atoms with Gasteiger partial charge < -0.3 is 10.7 Å². The third kappa shape index (κ3) is 1.40. The van der Waals surface area contributed by atoms with Crippen molar-refractivity contribution in [3.63, 3.8) is 0 Å². The summed E-state index contributed by atoms with van der Waals surface area (Å²) in [5.74, 6) is -0.373. The van der Waals surface area contributed by atoms with Gasteiger partial charge in [0.25, 0.3) is 0 Å². The fourth-order valence-corrected chi connectivity index (χ4v) is 1.47. The zero-order valence-electron chi connectivity index (χ0n) is 7.38. The van der Waals surface area contributed by atoms with E-state index in [1.807, 2.05) is 0 Å². The number of aromatic nitrogens is 1. The smallest absolute Gasteiger partial charge is 0.248 e. The van der Waals surface area contributed by atoms with Crippen molar-refractivity contribution in [3.05, 3.63) is 46.0 Å². The molecule has 3 nitrogen and oxygen atoms in total. The molecule has 14 heavy (non-hydrogen) atoms. The number of nitrogens with one attached hydrogen (secondary N) is 1. The molecule has 0 radical (unpaired) electrons. The van der Waals surface area contributed by atoms with Gasteiger partial charge in [0.05, 0.1) is 5.52 Å². The van der Waals surface area contributed by atoms with Gasteiger partial charge in [-0.1, -0.05) is 0 Å². The van der Waals surface area contributed by atoms with Crippen LogP contribution in [0.1, 0.15) is 5.56 Å². The first-order valence-electron chi connectivity index (χ1n) is 4.22. The molecule has 0 aliphatic carbocycles. The van der Waals surface area contributed by atoms with E-state index >= 15 is 0 Å². The van der Waals surface area contributed by atoms with Crippen LogP contribution in [0.4, 0.5) is 4.39 Å². The predicted octanol–water partition coefficient (Wildman–Crippen LogP) is 1.13. The van der Waals surface area contributed by atoms with E-state index < -0.39 is 0 Å². The third-order valence-electron chi connectivity index (χ3n) is 2.11. The summed E-state index contributed by atoms with van der Waals surface area (Å²) in [7, 11) is 0. The minimum Gasteiger partial charge on any atom is -0.326 e. The summed E-state index contributed by atoms with van der Waals surface area (Å²) in [6.45, 7) is 0.270. The Hall–Kier alpha value is -1.68. The van der Waals surface area contributed by atoms with Crippen LogP contribution >= 0.6 is 0 Å². The number of hydrogen-bond donors (Lipinski definition) is 2. The summed E-state index contributed by atoms with van der Waals surface area (Å²) in [6.07, 6.45) is 0. The first-order valence-corrected chi connectivity index (χ1v) is 4.22. The molecule has 0 saturated carbocycles. The Morgan fingerprint density at radius 1 is 1.36 bits per heavy atom. The van der Waals surface area contributed by atoms with Crippen LogP contribution in [0.3, 0.4) is 0 Å². The van der Waals surface area contributed by atoms with Crippen LogP contribution in [0.5, 0.6) is 0 Å². The second-order valence-corrected chi connectivity index (χ2v) is 3.05. The van der Waals surface area contributed by atoms with Crippen LogP contribution in [0.2, 0.25) is 0 Å². The normalized spacial score (nSPS) is 10.7. The highest BCUT2D eigenvalue weighted by molar-refractivity contribution is 5.81. The average Bonchev–Trinajstić information content (AvgIpc) is 2.15. The standard InChI is InChI=1S/C10H9FN2O/c11-7-1-2-8-6(5-12)3-10(14)13-9(8)4-7/h1-4H,5,12H2,(H,13,14). The predicted molar refractivity (Wildman–Crippen MR) is 52.4 cm³/mol. The lowest BCUT2D eigenvalue weighted by atomic mass is 10.1. The van der Waals surface area contributed by atoms with Crippen LogP contribution in [0.25, 0.3) is 10.9 Å². The Morgan fingerprint density at radius 3 is 2.86 bits per heavy atom.